The molecule has 1 atom stereocenters. The molecular weight excluding hydrogens is 310 g/mol. The summed E-state index contributed by atoms with van der Waals surface area (Å²) in [6.45, 7) is 5.23. The summed E-state index contributed by atoms with van der Waals surface area (Å²) in [6, 6.07) is 5.68. The van der Waals surface area contributed by atoms with Crippen molar-refractivity contribution in [2.75, 3.05) is 32.9 Å². The Kier molecular flexibility index (Phi) is 8.95. The number of hydrogen-bond acceptors (Lipinski definition) is 2. The molecule has 6 heteroatoms. The van der Waals surface area contributed by atoms with Crippen molar-refractivity contribution < 1.29 is 4.39 Å². The molecule has 19 heavy (non-hydrogen) atoms. The Bertz CT molecular complexity index is 384. The van der Waals surface area contributed by atoms with Crippen molar-refractivity contribution in [3.05, 3.63) is 34.3 Å². The van der Waals surface area contributed by atoms with E-state index in [1.807, 2.05) is 25.1 Å². The van der Waals surface area contributed by atoms with Crippen molar-refractivity contribution >= 4 is 36.4 Å². The predicted molar refractivity (Wildman–Crippen MR) is 83.8 cm³/mol. The number of piperazine rings is 1. The summed E-state index contributed by atoms with van der Waals surface area (Å²) in [5, 5.41) is 3.99. The lowest BCUT2D eigenvalue weighted by molar-refractivity contribution is 0.147. The Hall–Kier alpha value is -0.0600. The summed E-state index contributed by atoms with van der Waals surface area (Å²) in [4.78, 5) is 2.18. The van der Waals surface area contributed by atoms with Gasteiger partial charge in [-0.3, -0.25) is 4.90 Å². The van der Waals surface area contributed by atoms with E-state index >= 15 is 0 Å². The summed E-state index contributed by atoms with van der Waals surface area (Å²) in [7, 11) is 0. The van der Waals surface area contributed by atoms with Crippen LogP contribution in [0, 0.1) is 6.92 Å². The minimum absolute atomic E-state index is 0. The highest BCUT2D eigenvalue weighted by Crippen LogP contribution is 2.26. The number of rotatable bonds is 3. The van der Waals surface area contributed by atoms with Gasteiger partial charge in [0, 0.05) is 31.2 Å². The minimum Gasteiger partial charge on any atom is -0.314 e. The Morgan fingerprint density at radius 1 is 1.32 bits per heavy atom. The zero-order valence-electron chi connectivity index (χ0n) is 10.9. The lowest BCUT2D eigenvalue weighted by Crippen LogP contribution is -2.45. The van der Waals surface area contributed by atoms with Crippen molar-refractivity contribution in [2.24, 2.45) is 0 Å². The molecule has 1 aromatic rings. The first kappa shape index (κ1) is 18.9. The molecule has 2 nitrogen and oxygen atoms in total. The van der Waals surface area contributed by atoms with Gasteiger partial charge in [-0.15, -0.1) is 24.8 Å². The fourth-order valence-electron chi connectivity index (χ4n) is 2.21. The number of alkyl halides is 1. The fourth-order valence-corrected chi connectivity index (χ4v) is 2.40. The van der Waals surface area contributed by atoms with E-state index < -0.39 is 0 Å². The first-order valence-electron chi connectivity index (χ1n) is 5.99. The third-order valence-corrected chi connectivity index (χ3v) is 3.73. The number of halogens is 4. The Balaban J connectivity index is 0.00000162. The number of aryl methyl sites for hydroxylation is 1. The van der Waals surface area contributed by atoms with Gasteiger partial charge >= 0.3 is 0 Å². The van der Waals surface area contributed by atoms with Crippen molar-refractivity contribution in [2.45, 2.75) is 13.0 Å². The third kappa shape index (κ3) is 4.76. The molecule has 0 unspecified atom stereocenters. The summed E-state index contributed by atoms with van der Waals surface area (Å²) in [5.41, 5.74) is 2.01. The highest BCUT2D eigenvalue weighted by Gasteiger charge is 2.22. The molecule has 1 N–H and O–H groups in total. The molecule has 1 saturated heterocycles. The highest BCUT2D eigenvalue weighted by atomic mass is 35.5. The smallest absolute Gasteiger partial charge is 0.109 e. The first-order chi connectivity index (χ1) is 8.22. The zero-order valence-corrected chi connectivity index (χ0v) is 13.3. The van der Waals surface area contributed by atoms with E-state index in [0.29, 0.717) is 0 Å². The lowest BCUT2D eigenvalue weighted by Gasteiger charge is -2.33. The van der Waals surface area contributed by atoms with Crippen LogP contribution in [0.15, 0.2) is 18.2 Å². The largest absolute Gasteiger partial charge is 0.314 e. The van der Waals surface area contributed by atoms with E-state index in [9.17, 15) is 4.39 Å². The van der Waals surface area contributed by atoms with E-state index in [-0.39, 0.29) is 37.5 Å². The molecule has 2 rings (SSSR count). The zero-order chi connectivity index (χ0) is 12.3. The quantitative estimate of drug-likeness (QED) is 0.914. The van der Waals surface area contributed by atoms with Crippen LogP contribution in [0.4, 0.5) is 4.39 Å². The summed E-state index contributed by atoms with van der Waals surface area (Å²) in [5.74, 6) is 0. The van der Waals surface area contributed by atoms with Crippen molar-refractivity contribution in [1.29, 1.82) is 0 Å². The van der Waals surface area contributed by atoms with Crippen molar-refractivity contribution in [1.82, 2.24) is 10.2 Å². The summed E-state index contributed by atoms with van der Waals surface area (Å²) in [6.07, 6.45) is 0. The minimum atomic E-state index is -0.362. The molecule has 1 fully saturated rings. The molecule has 0 radical (unpaired) electrons. The van der Waals surface area contributed by atoms with Crippen LogP contribution in [0.2, 0.25) is 5.02 Å². The Morgan fingerprint density at radius 2 is 1.95 bits per heavy atom. The monoisotopic (exact) mass is 328 g/mol. The van der Waals surface area contributed by atoms with Gasteiger partial charge in [-0.2, -0.15) is 0 Å². The molecule has 0 aliphatic carbocycles. The molecule has 0 aromatic heterocycles. The van der Waals surface area contributed by atoms with Crippen LogP contribution in [-0.2, 0) is 0 Å². The average Bonchev–Trinajstić information content (AvgIpc) is 2.36. The number of hydrogen-bond donors (Lipinski definition) is 1. The van der Waals surface area contributed by atoms with Gasteiger partial charge in [-0.25, -0.2) is 4.39 Å². The Morgan fingerprint density at radius 3 is 2.47 bits per heavy atom. The van der Waals surface area contributed by atoms with Gasteiger partial charge < -0.3 is 5.32 Å². The van der Waals surface area contributed by atoms with Gasteiger partial charge in [0.1, 0.15) is 6.67 Å². The second kappa shape index (κ2) is 8.98. The van der Waals surface area contributed by atoms with Crippen LogP contribution < -0.4 is 5.32 Å². The second-order valence-corrected chi connectivity index (χ2v) is 4.87. The van der Waals surface area contributed by atoms with Crippen LogP contribution in [0.5, 0.6) is 0 Å². The maximum Gasteiger partial charge on any atom is 0.109 e. The van der Waals surface area contributed by atoms with E-state index in [0.717, 1.165) is 42.3 Å². The predicted octanol–water partition coefficient (Wildman–Crippen LogP) is 3.41. The molecule has 0 spiro atoms. The normalized spacial score (nSPS) is 17.2. The van der Waals surface area contributed by atoms with Gasteiger partial charge in [0.15, 0.2) is 0 Å². The lowest BCUT2D eigenvalue weighted by atomic mass is 10.0. The fraction of sp³-hybridized carbons (Fsp3) is 0.538. The van der Waals surface area contributed by atoms with E-state index in [4.69, 9.17) is 11.6 Å². The van der Waals surface area contributed by atoms with Crippen LogP contribution in [0.1, 0.15) is 17.2 Å². The third-order valence-electron chi connectivity index (χ3n) is 3.32. The van der Waals surface area contributed by atoms with Gasteiger partial charge in [-0.1, -0.05) is 23.7 Å². The number of nitrogens with zero attached hydrogens (tertiary/aromatic N) is 1. The molecule has 0 bridgehead atoms. The molecule has 1 aliphatic heterocycles. The SMILES string of the molecule is Cc1ccc([C@H](CF)N2CCNCC2)cc1Cl.Cl.Cl. The van der Waals surface area contributed by atoms with Crippen molar-refractivity contribution in [3.8, 4) is 0 Å². The molecule has 110 valence electrons. The van der Waals surface area contributed by atoms with Gasteiger partial charge in [0.25, 0.3) is 0 Å². The standard InChI is InChI=1S/C13H18ClFN2.2ClH/c1-10-2-3-11(8-12(10)14)13(9-15)17-6-4-16-5-7-17;;/h2-3,8,13,16H,4-7,9H2,1H3;2*1H/t13-;;/m0../s1. The summed E-state index contributed by atoms with van der Waals surface area (Å²) < 4.78 is 13.3. The molecule has 0 saturated carbocycles. The maximum atomic E-state index is 13.3. The van der Waals surface area contributed by atoms with Crippen LogP contribution >= 0.6 is 36.4 Å². The van der Waals surface area contributed by atoms with Crippen LogP contribution in [0.25, 0.3) is 0 Å². The highest BCUT2D eigenvalue weighted by molar-refractivity contribution is 6.31. The number of benzene rings is 1. The van der Waals surface area contributed by atoms with E-state index in [2.05, 4.69) is 10.2 Å². The van der Waals surface area contributed by atoms with Gasteiger partial charge in [0.05, 0.1) is 6.04 Å². The van der Waals surface area contributed by atoms with Gasteiger partial charge in [0.2, 0.25) is 0 Å². The topological polar surface area (TPSA) is 15.3 Å². The number of nitrogens with one attached hydrogen (secondary N) is 1. The van der Waals surface area contributed by atoms with E-state index in [1.165, 1.54) is 0 Å². The van der Waals surface area contributed by atoms with Crippen LogP contribution in [0.3, 0.4) is 0 Å². The van der Waals surface area contributed by atoms with Crippen LogP contribution in [-0.4, -0.2) is 37.8 Å². The van der Waals surface area contributed by atoms with E-state index in [1.54, 1.807) is 0 Å². The van der Waals surface area contributed by atoms with Crippen molar-refractivity contribution in [3.63, 3.8) is 0 Å². The second-order valence-electron chi connectivity index (χ2n) is 4.46. The van der Waals surface area contributed by atoms with Gasteiger partial charge in [-0.05, 0) is 24.1 Å². The molecule has 1 heterocycles. The summed E-state index contributed by atoms with van der Waals surface area (Å²) >= 11 is 6.10. The molecular formula is C13H20Cl3FN2. The first-order valence-corrected chi connectivity index (χ1v) is 6.37. The molecule has 1 aliphatic rings. The molecule has 0 amide bonds. The molecule has 1 aromatic carbocycles. The average molecular weight is 330 g/mol. The maximum absolute atomic E-state index is 13.3. The Labute approximate surface area is 131 Å².